The molecule has 0 spiro atoms. The Kier molecular flexibility index (Phi) is 3.54. The zero-order chi connectivity index (χ0) is 14.3. The van der Waals surface area contributed by atoms with Crippen LogP contribution in [0.2, 0.25) is 0 Å². The van der Waals surface area contributed by atoms with Gasteiger partial charge in [0.15, 0.2) is 17.0 Å². The van der Waals surface area contributed by atoms with Gasteiger partial charge in [0.1, 0.15) is 5.36 Å². The minimum atomic E-state index is -1.08. The van der Waals surface area contributed by atoms with Crippen molar-refractivity contribution in [3.8, 4) is 11.5 Å². The van der Waals surface area contributed by atoms with Gasteiger partial charge < -0.3 is 4.98 Å². The lowest BCUT2D eigenvalue weighted by atomic mass is 10.2. The maximum atomic E-state index is 11.2. The summed E-state index contributed by atoms with van der Waals surface area (Å²) in [7, 11) is 0. The number of hydrogen-bond acceptors (Lipinski definition) is 6. The SMILES string of the molecule is Cl.O=C1N=c2cc([N+](=O)[O-])c(-c3ncc[nH]3)nc2=NC1=O. The molecule has 0 fully saturated rings. The molecule has 1 N–H and O–H groups in total. The number of amides is 2. The van der Waals surface area contributed by atoms with E-state index in [4.69, 9.17) is 0 Å². The quantitative estimate of drug-likeness (QED) is 0.433. The number of carbonyl (C=O) groups excluding carboxylic acids is 2. The van der Waals surface area contributed by atoms with Gasteiger partial charge in [-0.1, -0.05) is 0 Å². The summed E-state index contributed by atoms with van der Waals surface area (Å²) in [5, 5.41) is 10.9. The molecule has 3 rings (SSSR count). The maximum absolute atomic E-state index is 11.2. The van der Waals surface area contributed by atoms with E-state index in [9.17, 15) is 19.7 Å². The van der Waals surface area contributed by atoms with Crippen molar-refractivity contribution in [3.63, 3.8) is 0 Å². The van der Waals surface area contributed by atoms with Gasteiger partial charge in [0.25, 0.3) is 0 Å². The van der Waals surface area contributed by atoms with Gasteiger partial charge in [0.05, 0.1) is 4.92 Å². The summed E-state index contributed by atoms with van der Waals surface area (Å²) in [6.07, 6.45) is 2.87. The van der Waals surface area contributed by atoms with Crippen molar-refractivity contribution in [1.82, 2.24) is 15.0 Å². The van der Waals surface area contributed by atoms with E-state index < -0.39 is 16.7 Å². The van der Waals surface area contributed by atoms with Crippen LogP contribution in [0.5, 0.6) is 0 Å². The van der Waals surface area contributed by atoms with Gasteiger partial charge in [-0.05, 0) is 0 Å². The van der Waals surface area contributed by atoms with E-state index >= 15 is 0 Å². The fraction of sp³-hybridized carbons (Fsp3) is 0. The number of hydrogen-bond donors (Lipinski definition) is 1. The van der Waals surface area contributed by atoms with Gasteiger partial charge in [0, 0.05) is 18.5 Å². The van der Waals surface area contributed by atoms with Crippen molar-refractivity contribution in [1.29, 1.82) is 0 Å². The van der Waals surface area contributed by atoms with Gasteiger partial charge >= 0.3 is 17.5 Å². The summed E-state index contributed by atoms with van der Waals surface area (Å²) < 4.78 is 0. The van der Waals surface area contributed by atoms with Crippen LogP contribution in [0, 0.1) is 10.1 Å². The number of fused-ring (bicyclic) bond motifs is 1. The number of aromatic nitrogens is 3. The molecule has 21 heavy (non-hydrogen) atoms. The summed E-state index contributed by atoms with van der Waals surface area (Å²) in [6, 6.07) is 1.04. The number of aromatic amines is 1. The number of imidazole rings is 1. The van der Waals surface area contributed by atoms with Crippen molar-refractivity contribution >= 4 is 29.9 Å². The van der Waals surface area contributed by atoms with Crippen molar-refractivity contribution in [3.05, 3.63) is 39.4 Å². The molecule has 0 saturated carbocycles. The Labute approximate surface area is 121 Å². The number of carbonyl (C=O) groups is 2. The number of pyridine rings is 1. The molecule has 0 aromatic carbocycles. The fourth-order valence-electron chi connectivity index (χ4n) is 1.66. The Morgan fingerprint density at radius 1 is 1.19 bits per heavy atom. The van der Waals surface area contributed by atoms with Crippen molar-refractivity contribution in [2.45, 2.75) is 0 Å². The molecule has 0 radical (unpaired) electrons. The average molecular weight is 309 g/mol. The van der Waals surface area contributed by atoms with Crippen LogP contribution in [-0.4, -0.2) is 31.7 Å². The fourth-order valence-corrected chi connectivity index (χ4v) is 1.66. The van der Waals surface area contributed by atoms with Crippen LogP contribution in [0.3, 0.4) is 0 Å². The molecule has 0 aliphatic carbocycles. The normalized spacial score (nSPS) is 12.8. The van der Waals surface area contributed by atoms with Crippen molar-refractivity contribution < 1.29 is 14.5 Å². The van der Waals surface area contributed by atoms with E-state index in [0.29, 0.717) is 0 Å². The number of nitro groups is 1. The van der Waals surface area contributed by atoms with Gasteiger partial charge in [-0.3, -0.25) is 19.7 Å². The molecule has 106 valence electrons. The minimum Gasteiger partial charge on any atom is -0.343 e. The molecular weight excluding hydrogens is 304 g/mol. The van der Waals surface area contributed by atoms with E-state index in [-0.39, 0.29) is 40.5 Å². The predicted molar refractivity (Wildman–Crippen MR) is 68.0 cm³/mol. The molecule has 11 heteroatoms. The highest BCUT2D eigenvalue weighted by Crippen LogP contribution is 2.21. The number of nitrogens with one attached hydrogen (secondary N) is 1. The van der Waals surface area contributed by atoms with E-state index in [1.807, 2.05) is 0 Å². The third-order valence-electron chi connectivity index (χ3n) is 2.49. The van der Waals surface area contributed by atoms with E-state index in [1.54, 1.807) is 0 Å². The number of H-pyrrole nitrogens is 1. The lowest BCUT2D eigenvalue weighted by Crippen LogP contribution is -2.37. The summed E-state index contributed by atoms with van der Waals surface area (Å²) in [6.45, 7) is 0. The van der Waals surface area contributed by atoms with E-state index in [0.717, 1.165) is 6.07 Å². The van der Waals surface area contributed by atoms with Crippen LogP contribution in [0.1, 0.15) is 0 Å². The minimum absolute atomic E-state index is 0. The molecule has 1 aliphatic rings. The average Bonchev–Trinajstić information content (AvgIpc) is 2.92. The predicted octanol–water partition coefficient (Wildman–Crippen LogP) is -0.892. The third-order valence-corrected chi connectivity index (χ3v) is 2.49. The highest BCUT2D eigenvalue weighted by atomic mass is 35.5. The molecule has 2 aromatic heterocycles. The lowest BCUT2D eigenvalue weighted by Gasteiger charge is -2.01. The van der Waals surface area contributed by atoms with Crippen molar-refractivity contribution in [2.75, 3.05) is 0 Å². The Morgan fingerprint density at radius 2 is 1.90 bits per heavy atom. The number of nitrogens with zero attached hydrogens (tertiary/aromatic N) is 5. The zero-order valence-electron chi connectivity index (χ0n) is 10.0. The Hall–Kier alpha value is -3.01. The first-order valence-corrected chi connectivity index (χ1v) is 5.27. The van der Waals surface area contributed by atoms with Crippen LogP contribution in [0.25, 0.3) is 11.5 Å². The summed E-state index contributed by atoms with van der Waals surface area (Å²) in [5.74, 6) is -2.00. The standard InChI is InChI=1S/C10H4N6O4.ClH/c17-9-10(18)15-7-4(13-9)3-5(16(19)20)6(14-7)8-11-1-2-12-8;/h1-3H,(H,11,12);1H. The first-order valence-electron chi connectivity index (χ1n) is 5.27. The molecule has 2 aromatic rings. The van der Waals surface area contributed by atoms with Gasteiger partial charge in [-0.25, -0.2) is 15.0 Å². The molecule has 0 bridgehead atoms. The van der Waals surface area contributed by atoms with Gasteiger partial charge in [-0.15, -0.1) is 12.4 Å². The highest BCUT2D eigenvalue weighted by molar-refractivity contribution is 6.36. The first-order chi connectivity index (χ1) is 9.56. The monoisotopic (exact) mass is 308 g/mol. The number of halogens is 1. The molecule has 10 nitrogen and oxygen atoms in total. The molecule has 0 atom stereocenters. The zero-order valence-corrected chi connectivity index (χ0v) is 10.8. The Morgan fingerprint density at radius 3 is 2.52 bits per heavy atom. The smallest absolute Gasteiger partial charge is 0.339 e. The van der Waals surface area contributed by atoms with Crippen LogP contribution < -0.4 is 10.8 Å². The second kappa shape index (κ2) is 5.17. The van der Waals surface area contributed by atoms with Crippen LogP contribution in [-0.2, 0) is 9.59 Å². The Balaban J connectivity index is 0.00000161. The van der Waals surface area contributed by atoms with Gasteiger partial charge in [-0.2, -0.15) is 4.99 Å². The van der Waals surface area contributed by atoms with E-state index in [1.165, 1.54) is 12.4 Å². The second-order valence-electron chi connectivity index (χ2n) is 3.73. The van der Waals surface area contributed by atoms with Crippen LogP contribution in [0.15, 0.2) is 28.4 Å². The molecule has 2 amide bonds. The Bertz CT molecular complexity index is 876. The topological polar surface area (TPSA) is 144 Å². The van der Waals surface area contributed by atoms with E-state index in [2.05, 4.69) is 24.9 Å². The number of rotatable bonds is 2. The van der Waals surface area contributed by atoms with Crippen molar-refractivity contribution in [2.24, 2.45) is 9.98 Å². The maximum Gasteiger partial charge on any atom is 0.339 e. The first kappa shape index (κ1) is 14.4. The summed E-state index contributed by atoms with van der Waals surface area (Å²) in [4.78, 5) is 49.9. The second-order valence-corrected chi connectivity index (χ2v) is 3.73. The lowest BCUT2D eigenvalue weighted by molar-refractivity contribution is -0.384. The largest absolute Gasteiger partial charge is 0.343 e. The summed E-state index contributed by atoms with van der Waals surface area (Å²) >= 11 is 0. The highest BCUT2D eigenvalue weighted by Gasteiger charge is 2.23. The van der Waals surface area contributed by atoms with Crippen LogP contribution >= 0.6 is 12.4 Å². The molecule has 1 aliphatic heterocycles. The molecule has 0 saturated heterocycles. The van der Waals surface area contributed by atoms with Gasteiger partial charge in [0.2, 0.25) is 0 Å². The molecule has 3 heterocycles. The summed E-state index contributed by atoms with van der Waals surface area (Å²) in [5.41, 5.74) is -0.619. The molecular formula is C10H5ClN6O4. The van der Waals surface area contributed by atoms with Crippen LogP contribution in [0.4, 0.5) is 5.69 Å². The molecule has 0 unspecified atom stereocenters. The third kappa shape index (κ3) is 2.39.